The maximum absolute atomic E-state index is 13.1. The molecule has 0 unspecified atom stereocenters. The summed E-state index contributed by atoms with van der Waals surface area (Å²) in [6, 6.07) is 15.3. The summed E-state index contributed by atoms with van der Waals surface area (Å²) < 4.78 is 18.9. The second-order valence-electron chi connectivity index (χ2n) is 6.66. The van der Waals surface area contributed by atoms with E-state index in [1.165, 1.54) is 17.0 Å². The molecule has 0 spiro atoms. The van der Waals surface area contributed by atoms with Gasteiger partial charge in [-0.2, -0.15) is 0 Å². The number of rotatable bonds is 4. The Balaban J connectivity index is 1.85. The number of hydrogen-bond acceptors (Lipinski definition) is 2. The number of halogens is 1. The van der Waals surface area contributed by atoms with Crippen LogP contribution in [0.3, 0.4) is 0 Å². The van der Waals surface area contributed by atoms with Crippen LogP contribution in [0.5, 0.6) is 0 Å². The predicted molar refractivity (Wildman–Crippen MR) is 94.9 cm³/mol. The van der Waals surface area contributed by atoms with Crippen LogP contribution < -0.4 is 10.2 Å². The largest absolute Gasteiger partial charge is 0.364 e. The molecule has 25 heavy (non-hydrogen) atoms. The number of amides is 1. The van der Waals surface area contributed by atoms with Crippen molar-refractivity contribution in [1.29, 1.82) is 0 Å². The summed E-state index contributed by atoms with van der Waals surface area (Å²) in [7, 11) is 0. The lowest BCUT2D eigenvalue weighted by Gasteiger charge is -2.36. The number of carbonyl (C=O) groups excluding carboxylic acids is 1. The SMILES string of the molecule is C[C@@H]1C[NH+]([C@H](C(=O)Nc2ccc(F)cc2)c2ccccc2)C[C@@H](C)O1. The van der Waals surface area contributed by atoms with E-state index in [0.717, 1.165) is 18.7 Å². The lowest BCUT2D eigenvalue weighted by Crippen LogP contribution is -3.16. The number of morpholine rings is 1. The van der Waals surface area contributed by atoms with E-state index < -0.39 is 0 Å². The number of benzene rings is 2. The summed E-state index contributed by atoms with van der Waals surface area (Å²) in [5, 5.41) is 2.93. The van der Waals surface area contributed by atoms with Gasteiger partial charge in [0.05, 0.1) is 0 Å². The van der Waals surface area contributed by atoms with Crippen molar-refractivity contribution >= 4 is 11.6 Å². The van der Waals surface area contributed by atoms with Crippen molar-refractivity contribution in [3.8, 4) is 0 Å². The average Bonchev–Trinajstić information content (AvgIpc) is 2.57. The summed E-state index contributed by atoms with van der Waals surface area (Å²) in [6.07, 6.45) is 0.201. The minimum atomic E-state index is -0.333. The lowest BCUT2D eigenvalue weighted by molar-refractivity contribution is -0.936. The first-order valence-electron chi connectivity index (χ1n) is 8.64. The molecule has 1 saturated heterocycles. The highest BCUT2D eigenvalue weighted by atomic mass is 19.1. The molecule has 1 fully saturated rings. The van der Waals surface area contributed by atoms with Crippen LogP contribution in [0.1, 0.15) is 25.5 Å². The zero-order valence-electron chi connectivity index (χ0n) is 14.5. The highest BCUT2D eigenvalue weighted by Gasteiger charge is 2.37. The molecule has 2 aromatic rings. The molecule has 1 aliphatic rings. The summed E-state index contributed by atoms with van der Waals surface area (Å²) >= 11 is 0. The maximum Gasteiger partial charge on any atom is 0.287 e. The van der Waals surface area contributed by atoms with E-state index in [-0.39, 0.29) is 30.0 Å². The smallest absolute Gasteiger partial charge is 0.287 e. The van der Waals surface area contributed by atoms with Crippen LogP contribution in [-0.4, -0.2) is 31.2 Å². The van der Waals surface area contributed by atoms with Gasteiger partial charge in [-0.1, -0.05) is 30.3 Å². The first-order valence-corrected chi connectivity index (χ1v) is 8.64. The predicted octanol–water partition coefficient (Wildman–Crippen LogP) is 2.20. The van der Waals surface area contributed by atoms with Gasteiger partial charge in [-0.25, -0.2) is 4.39 Å². The zero-order valence-corrected chi connectivity index (χ0v) is 14.5. The molecule has 1 aliphatic heterocycles. The Morgan fingerprint density at radius 1 is 1.08 bits per heavy atom. The Morgan fingerprint density at radius 2 is 1.68 bits per heavy atom. The van der Waals surface area contributed by atoms with Gasteiger partial charge < -0.3 is 15.0 Å². The normalized spacial score (nSPS) is 24.5. The lowest BCUT2D eigenvalue weighted by atomic mass is 10.0. The first-order chi connectivity index (χ1) is 12.0. The van der Waals surface area contributed by atoms with Crippen molar-refractivity contribution in [2.24, 2.45) is 0 Å². The van der Waals surface area contributed by atoms with Gasteiger partial charge in [0.25, 0.3) is 5.91 Å². The van der Waals surface area contributed by atoms with Crippen LogP contribution >= 0.6 is 0 Å². The molecular formula is C20H24FN2O2+. The van der Waals surface area contributed by atoms with E-state index in [2.05, 4.69) is 5.32 Å². The van der Waals surface area contributed by atoms with Crippen LogP contribution in [0.15, 0.2) is 54.6 Å². The highest BCUT2D eigenvalue weighted by molar-refractivity contribution is 5.94. The molecule has 0 saturated carbocycles. The summed E-state index contributed by atoms with van der Waals surface area (Å²) in [4.78, 5) is 14.2. The van der Waals surface area contributed by atoms with Crippen molar-refractivity contribution < 1.29 is 18.8 Å². The van der Waals surface area contributed by atoms with Crippen molar-refractivity contribution in [1.82, 2.24) is 0 Å². The van der Waals surface area contributed by atoms with Gasteiger partial charge in [-0.15, -0.1) is 0 Å². The Morgan fingerprint density at radius 3 is 2.28 bits per heavy atom. The van der Waals surface area contributed by atoms with Crippen molar-refractivity contribution in [3.63, 3.8) is 0 Å². The van der Waals surface area contributed by atoms with E-state index in [4.69, 9.17) is 4.74 Å². The second-order valence-corrected chi connectivity index (χ2v) is 6.66. The number of ether oxygens (including phenoxy) is 1. The number of nitrogens with one attached hydrogen (secondary N) is 2. The topological polar surface area (TPSA) is 42.8 Å². The molecule has 4 nitrogen and oxygen atoms in total. The van der Waals surface area contributed by atoms with Crippen LogP contribution in [-0.2, 0) is 9.53 Å². The molecule has 0 radical (unpaired) electrons. The maximum atomic E-state index is 13.1. The quantitative estimate of drug-likeness (QED) is 0.894. The zero-order chi connectivity index (χ0) is 17.8. The third kappa shape index (κ3) is 4.44. The Labute approximate surface area is 147 Å². The van der Waals surface area contributed by atoms with E-state index in [0.29, 0.717) is 5.69 Å². The fraction of sp³-hybridized carbons (Fsp3) is 0.350. The number of anilines is 1. The van der Waals surface area contributed by atoms with Gasteiger partial charge >= 0.3 is 0 Å². The van der Waals surface area contributed by atoms with E-state index >= 15 is 0 Å². The highest BCUT2D eigenvalue weighted by Crippen LogP contribution is 2.16. The monoisotopic (exact) mass is 343 g/mol. The second kappa shape index (κ2) is 7.76. The number of hydrogen-bond donors (Lipinski definition) is 2. The Bertz CT molecular complexity index is 695. The number of quaternary nitrogens is 1. The van der Waals surface area contributed by atoms with Crippen LogP contribution in [0.25, 0.3) is 0 Å². The molecular weight excluding hydrogens is 319 g/mol. The molecule has 0 aliphatic carbocycles. The average molecular weight is 343 g/mol. The van der Waals surface area contributed by atoms with Crippen LogP contribution in [0, 0.1) is 5.82 Å². The molecule has 5 heteroatoms. The van der Waals surface area contributed by atoms with Gasteiger partial charge in [0.1, 0.15) is 31.1 Å². The van der Waals surface area contributed by atoms with E-state index in [1.807, 2.05) is 44.2 Å². The van der Waals surface area contributed by atoms with Gasteiger partial charge in [0.2, 0.25) is 0 Å². The minimum Gasteiger partial charge on any atom is -0.364 e. The molecule has 2 N–H and O–H groups in total. The number of carbonyl (C=O) groups is 1. The third-order valence-electron chi connectivity index (χ3n) is 4.48. The van der Waals surface area contributed by atoms with E-state index in [1.54, 1.807) is 12.1 Å². The van der Waals surface area contributed by atoms with Gasteiger partial charge in [-0.05, 0) is 38.1 Å². The molecule has 3 rings (SSSR count). The summed E-state index contributed by atoms with van der Waals surface area (Å²) in [5.74, 6) is -0.409. The first kappa shape index (κ1) is 17.6. The van der Waals surface area contributed by atoms with Crippen molar-refractivity contribution in [2.45, 2.75) is 32.1 Å². The molecule has 1 amide bonds. The van der Waals surface area contributed by atoms with Crippen LogP contribution in [0.4, 0.5) is 10.1 Å². The third-order valence-corrected chi connectivity index (χ3v) is 4.48. The minimum absolute atomic E-state index is 0.0888. The molecule has 1 heterocycles. The van der Waals surface area contributed by atoms with Crippen molar-refractivity contribution in [2.75, 3.05) is 18.4 Å². The molecule has 132 valence electrons. The van der Waals surface area contributed by atoms with E-state index in [9.17, 15) is 9.18 Å². The van der Waals surface area contributed by atoms with Gasteiger partial charge in [0.15, 0.2) is 6.04 Å². The molecule has 0 aromatic heterocycles. The molecule has 3 atom stereocenters. The molecule has 2 aromatic carbocycles. The van der Waals surface area contributed by atoms with Gasteiger partial charge in [0, 0.05) is 11.3 Å². The summed E-state index contributed by atoms with van der Waals surface area (Å²) in [6.45, 7) is 5.60. The van der Waals surface area contributed by atoms with Gasteiger partial charge in [-0.3, -0.25) is 4.79 Å². The fourth-order valence-electron chi connectivity index (χ4n) is 3.52. The van der Waals surface area contributed by atoms with Crippen molar-refractivity contribution in [3.05, 3.63) is 66.0 Å². The Kier molecular flexibility index (Phi) is 5.46. The van der Waals surface area contributed by atoms with Crippen LogP contribution in [0.2, 0.25) is 0 Å². The fourth-order valence-corrected chi connectivity index (χ4v) is 3.52. The summed E-state index contributed by atoms with van der Waals surface area (Å²) in [5.41, 5.74) is 1.57. The Hall–Kier alpha value is -2.24. The molecule has 0 bridgehead atoms. The standard InChI is InChI=1S/C20H23FN2O2/c1-14-12-23(13-15(2)25-14)19(16-6-4-3-5-7-16)20(24)22-18-10-8-17(21)9-11-18/h3-11,14-15,19H,12-13H2,1-2H3,(H,22,24)/p+1/t14-,15-,19+/m1/s1.